The number of ether oxygens (including phenoxy) is 2. The molecule has 3 nitrogen and oxygen atoms in total. The van der Waals surface area contributed by atoms with Crippen LogP contribution in [0.4, 0.5) is 0 Å². The standard InChI is InChI=1S/C14H18O3/c1-10(15)14(6-7-14)9-11-4-5-12(16-2)8-13(11)17-3/h4-5,8H,6-7,9H2,1-3H3. The van der Waals surface area contributed by atoms with Crippen LogP contribution in [-0.2, 0) is 11.2 Å². The molecule has 0 unspecified atom stereocenters. The Morgan fingerprint density at radius 1 is 1.29 bits per heavy atom. The van der Waals surface area contributed by atoms with Crippen molar-refractivity contribution in [1.29, 1.82) is 0 Å². The summed E-state index contributed by atoms with van der Waals surface area (Å²) >= 11 is 0. The van der Waals surface area contributed by atoms with Gasteiger partial charge in [0.1, 0.15) is 17.3 Å². The van der Waals surface area contributed by atoms with Crippen molar-refractivity contribution in [2.75, 3.05) is 14.2 Å². The normalized spacial score (nSPS) is 16.4. The molecule has 1 aromatic carbocycles. The summed E-state index contributed by atoms with van der Waals surface area (Å²) in [6.07, 6.45) is 2.77. The van der Waals surface area contributed by atoms with Crippen LogP contribution >= 0.6 is 0 Å². The number of rotatable bonds is 5. The second-order valence-electron chi connectivity index (χ2n) is 4.69. The van der Waals surface area contributed by atoms with Crippen molar-refractivity contribution in [1.82, 2.24) is 0 Å². The van der Waals surface area contributed by atoms with Crippen molar-refractivity contribution in [3.63, 3.8) is 0 Å². The first-order valence-electron chi connectivity index (χ1n) is 5.83. The van der Waals surface area contributed by atoms with Gasteiger partial charge in [-0.3, -0.25) is 4.79 Å². The van der Waals surface area contributed by atoms with Gasteiger partial charge in [0.25, 0.3) is 0 Å². The smallest absolute Gasteiger partial charge is 0.136 e. The zero-order valence-electron chi connectivity index (χ0n) is 10.6. The molecule has 1 fully saturated rings. The predicted molar refractivity (Wildman–Crippen MR) is 65.6 cm³/mol. The number of ketones is 1. The van der Waals surface area contributed by atoms with Gasteiger partial charge in [-0.2, -0.15) is 0 Å². The topological polar surface area (TPSA) is 35.5 Å². The summed E-state index contributed by atoms with van der Waals surface area (Å²) in [5.74, 6) is 1.87. The third-order valence-electron chi connectivity index (χ3n) is 3.62. The Morgan fingerprint density at radius 3 is 2.47 bits per heavy atom. The molecule has 0 amide bonds. The van der Waals surface area contributed by atoms with Gasteiger partial charge in [-0.1, -0.05) is 6.07 Å². The van der Waals surface area contributed by atoms with Crippen LogP contribution in [0, 0.1) is 5.41 Å². The van der Waals surface area contributed by atoms with E-state index in [1.807, 2.05) is 18.2 Å². The lowest BCUT2D eigenvalue weighted by molar-refractivity contribution is -0.121. The molecule has 1 aromatic rings. The van der Waals surface area contributed by atoms with E-state index in [9.17, 15) is 4.79 Å². The van der Waals surface area contributed by atoms with Crippen molar-refractivity contribution < 1.29 is 14.3 Å². The number of carbonyl (C=O) groups excluding carboxylic acids is 1. The van der Waals surface area contributed by atoms with E-state index in [2.05, 4.69) is 0 Å². The van der Waals surface area contributed by atoms with Crippen LogP contribution < -0.4 is 9.47 Å². The van der Waals surface area contributed by atoms with Crippen LogP contribution in [0.25, 0.3) is 0 Å². The molecule has 0 bridgehead atoms. The summed E-state index contributed by atoms with van der Waals surface area (Å²) in [6, 6.07) is 5.76. The van der Waals surface area contributed by atoms with Gasteiger partial charge in [0.15, 0.2) is 0 Å². The van der Waals surface area contributed by atoms with Crippen molar-refractivity contribution in [2.45, 2.75) is 26.2 Å². The highest BCUT2D eigenvalue weighted by molar-refractivity contribution is 5.85. The van der Waals surface area contributed by atoms with Gasteiger partial charge in [0.05, 0.1) is 14.2 Å². The largest absolute Gasteiger partial charge is 0.497 e. The molecule has 0 saturated heterocycles. The zero-order valence-corrected chi connectivity index (χ0v) is 10.6. The van der Waals surface area contributed by atoms with Gasteiger partial charge in [-0.15, -0.1) is 0 Å². The van der Waals surface area contributed by atoms with Gasteiger partial charge >= 0.3 is 0 Å². The maximum absolute atomic E-state index is 11.6. The first-order chi connectivity index (χ1) is 8.11. The minimum atomic E-state index is -0.123. The van der Waals surface area contributed by atoms with Crippen LogP contribution in [-0.4, -0.2) is 20.0 Å². The minimum absolute atomic E-state index is 0.123. The van der Waals surface area contributed by atoms with Crippen molar-refractivity contribution in [3.05, 3.63) is 23.8 Å². The summed E-state index contributed by atoms with van der Waals surface area (Å²) in [5, 5.41) is 0. The molecule has 0 heterocycles. The minimum Gasteiger partial charge on any atom is -0.497 e. The van der Waals surface area contributed by atoms with E-state index in [0.29, 0.717) is 0 Å². The van der Waals surface area contributed by atoms with E-state index in [1.54, 1.807) is 21.1 Å². The quantitative estimate of drug-likeness (QED) is 0.785. The highest BCUT2D eigenvalue weighted by Gasteiger charge is 2.47. The lowest BCUT2D eigenvalue weighted by Gasteiger charge is -2.15. The van der Waals surface area contributed by atoms with Crippen molar-refractivity contribution >= 4 is 5.78 Å². The Balaban J connectivity index is 2.24. The Kier molecular flexibility index (Phi) is 3.09. The van der Waals surface area contributed by atoms with Crippen LogP contribution in [0.5, 0.6) is 11.5 Å². The molecule has 3 heteroatoms. The number of methoxy groups -OCH3 is 2. The summed E-state index contributed by atoms with van der Waals surface area (Å²) in [4.78, 5) is 11.6. The van der Waals surface area contributed by atoms with Gasteiger partial charge in [-0.05, 0) is 37.8 Å². The fourth-order valence-corrected chi connectivity index (χ4v) is 2.17. The molecule has 92 valence electrons. The molecule has 1 aliphatic rings. The average Bonchev–Trinajstić information content (AvgIpc) is 3.10. The second kappa shape index (κ2) is 4.40. The monoisotopic (exact) mass is 234 g/mol. The van der Waals surface area contributed by atoms with Gasteiger partial charge < -0.3 is 9.47 Å². The van der Waals surface area contributed by atoms with Crippen molar-refractivity contribution in [3.8, 4) is 11.5 Å². The Bertz CT molecular complexity index is 433. The molecule has 17 heavy (non-hydrogen) atoms. The summed E-state index contributed by atoms with van der Waals surface area (Å²) in [6.45, 7) is 1.68. The summed E-state index contributed by atoms with van der Waals surface area (Å²) < 4.78 is 10.5. The third kappa shape index (κ3) is 2.28. The number of carbonyl (C=O) groups is 1. The molecule has 2 rings (SSSR count). The van der Waals surface area contributed by atoms with Crippen LogP contribution in [0.3, 0.4) is 0 Å². The molecular weight excluding hydrogens is 216 g/mol. The predicted octanol–water partition coefficient (Wildman–Crippen LogP) is 2.62. The van der Waals surface area contributed by atoms with Crippen LogP contribution in [0.15, 0.2) is 18.2 Å². The number of Topliss-reactive ketones (excluding diaryl/α,β-unsaturated/α-hetero) is 1. The maximum Gasteiger partial charge on any atom is 0.136 e. The Hall–Kier alpha value is -1.51. The average molecular weight is 234 g/mol. The fraction of sp³-hybridized carbons (Fsp3) is 0.500. The van der Waals surface area contributed by atoms with Gasteiger partial charge in [0.2, 0.25) is 0 Å². The second-order valence-corrected chi connectivity index (χ2v) is 4.69. The molecule has 0 radical (unpaired) electrons. The first kappa shape index (κ1) is 12.0. The van der Waals surface area contributed by atoms with E-state index >= 15 is 0 Å². The van der Waals surface area contributed by atoms with E-state index < -0.39 is 0 Å². The Labute approximate surface area is 102 Å². The van der Waals surface area contributed by atoms with E-state index in [-0.39, 0.29) is 11.2 Å². The number of benzene rings is 1. The summed E-state index contributed by atoms with van der Waals surface area (Å²) in [5.41, 5.74) is 0.961. The van der Waals surface area contributed by atoms with E-state index in [4.69, 9.17) is 9.47 Å². The summed E-state index contributed by atoms with van der Waals surface area (Å²) in [7, 11) is 3.28. The maximum atomic E-state index is 11.6. The van der Waals surface area contributed by atoms with Gasteiger partial charge in [0, 0.05) is 11.5 Å². The fourth-order valence-electron chi connectivity index (χ4n) is 2.17. The molecule has 0 atom stereocenters. The highest BCUT2D eigenvalue weighted by Crippen LogP contribution is 2.50. The molecule has 0 aliphatic heterocycles. The van der Waals surface area contributed by atoms with Crippen LogP contribution in [0.1, 0.15) is 25.3 Å². The molecule has 0 spiro atoms. The third-order valence-corrected chi connectivity index (χ3v) is 3.62. The lowest BCUT2D eigenvalue weighted by atomic mass is 9.92. The molecule has 1 saturated carbocycles. The van der Waals surface area contributed by atoms with Crippen LogP contribution in [0.2, 0.25) is 0 Å². The Morgan fingerprint density at radius 2 is 2.00 bits per heavy atom. The lowest BCUT2D eigenvalue weighted by Crippen LogP contribution is -2.15. The van der Waals surface area contributed by atoms with Gasteiger partial charge in [-0.25, -0.2) is 0 Å². The van der Waals surface area contributed by atoms with E-state index in [0.717, 1.165) is 36.3 Å². The number of hydrogen-bond donors (Lipinski definition) is 0. The molecule has 1 aliphatic carbocycles. The van der Waals surface area contributed by atoms with E-state index in [1.165, 1.54) is 0 Å². The molecule has 0 N–H and O–H groups in total. The molecule has 0 aromatic heterocycles. The molecular formula is C14H18O3. The zero-order chi connectivity index (χ0) is 12.5. The SMILES string of the molecule is COc1ccc(CC2(C(C)=O)CC2)c(OC)c1. The first-order valence-corrected chi connectivity index (χ1v) is 5.83. The number of hydrogen-bond acceptors (Lipinski definition) is 3. The highest BCUT2D eigenvalue weighted by atomic mass is 16.5. The van der Waals surface area contributed by atoms with Crippen molar-refractivity contribution in [2.24, 2.45) is 5.41 Å².